The summed E-state index contributed by atoms with van der Waals surface area (Å²) in [5.74, 6) is 0.742. The van der Waals surface area contributed by atoms with E-state index in [0.717, 1.165) is 15.6 Å². The van der Waals surface area contributed by atoms with Crippen molar-refractivity contribution in [3.8, 4) is 17.5 Å². The molecule has 2 aromatic rings. The fourth-order valence-corrected chi connectivity index (χ4v) is 1.96. The predicted molar refractivity (Wildman–Crippen MR) is 69.0 cm³/mol. The van der Waals surface area contributed by atoms with Crippen molar-refractivity contribution < 1.29 is 0 Å². The maximum absolute atomic E-state index is 8.75. The summed E-state index contributed by atoms with van der Waals surface area (Å²) in [7, 11) is 0. The van der Waals surface area contributed by atoms with E-state index in [1.54, 1.807) is 0 Å². The molecule has 4 nitrogen and oxygen atoms in total. The Hall–Kier alpha value is -1.93. The molecule has 0 amide bonds. The maximum Gasteiger partial charge on any atom is 0.161 e. The molecule has 0 saturated heterocycles. The first-order valence-electron chi connectivity index (χ1n) is 4.91. The minimum absolute atomic E-state index is 0.208. The number of benzene rings is 1. The normalized spacial score (nSPS) is 9.94. The molecule has 0 fully saturated rings. The van der Waals surface area contributed by atoms with Gasteiger partial charge in [0, 0.05) is 10.0 Å². The van der Waals surface area contributed by atoms with Crippen molar-refractivity contribution in [3.05, 3.63) is 40.0 Å². The molecule has 1 heterocycles. The molecule has 0 radical (unpaired) electrons. The average Bonchev–Trinajstić information content (AvgIpc) is 2.29. The van der Waals surface area contributed by atoms with Gasteiger partial charge in [0.15, 0.2) is 5.82 Å². The van der Waals surface area contributed by atoms with Gasteiger partial charge in [0.2, 0.25) is 0 Å². The van der Waals surface area contributed by atoms with E-state index >= 15 is 0 Å². The molecule has 1 aromatic heterocycles. The Morgan fingerprint density at radius 1 is 1.41 bits per heavy atom. The predicted octanol–water partition coefficient (Wildman–Crippen LogP) is 2.67. The third-order valence-electron chi connectivity index (χ3n) is 2.37. The van der Waals surface area contributed by atoms with E-state index in [2.05, 4.69) is 25.9 Å². The zero-order chi connectivity index (χ0) is 12.4. The van der Waals surface area contributed by atoms with Crippen molar-refractivity contribution >= 4 is 21.7 Å². The Bertz CT molecular complexity index is 616. The van der Waals surface area contributed by atoms with Crippen LogP contribution in [0.3, 0.4) is 0 Å². The molecule has 0 spiro atoms. The van der Waals surface area contributed by atoms with E-state index in [1.165, 1.54) is 6.20 Å². The zero-order valence-corrected chi connectivity index (χ0v) is 10.7. The lowest BCUT2D eigenvalue weighted by molar-refractivity contribution is 1.16. The van der Waals surface area contributed by atoms with Gasteiger partial charge in [0.1, 0.15) is 17.5 Å². The number of aryl methyl sites for hydroxylation is 1. The number of nitriles is 1. The zero-order valence-electron chi connectivity index (χ0n) is 9.11. The third kappa shape index (κ3) is 2.27. The van der Waals surface area contributed by atoms with E-state index in [-0.39, 0.29) is 5.82 Å². The number of hydrogen-bond acceptors (Lipinski definition) is 4. The number of aromatic nitrogens is 2. The van der Waals surface area contributed by atoms with Crippen LogP contribution in [0.5, 0.6) is 0 Å². The molecule has 0 aliphatic heterocycles. The smallest absolute Gasteiger partial charge is 0.161 e. The second kappa shape index (κ2) is 4.52. The van der Waals surface area contributed by atoms with E-state index in [1.807, 2.05) is 31.2 Å². The summed E-state index contributed by atoms with van der Waals surface area (Å²) in [6, 6.07) is 7.75. The number of nitrogen functional groups attached to an aromatic ring is 1. The highest BCUT2D eigenvalue weighted by atomic mass is 79.9. The van der Waals surface area contributed by atoms with Gasteiger partial charge >= 0.3 is 0 Å². The quantitative estimate of drug-likeness (QED) is 0.875. The van der Waals surface area contributed by atoms with Gasteiger partial charge in [-0.15, -0.1) is 0 Å². The van der Waals surface area contributed by atoms with Crippen LogP contribution >= 0.6 is 15.9 Å². The Labute approximate surface area is 107 Å². The van der Waals surface area contributed by atoms with Crippen LogP contribution in [0.1, 0.15) is 11.1 Å². The van der Waals surface area contributed by atoms with E-state index in [0.29, 0.717) is 11.4 Å². The second-order valence-electron chi connectivity index (χ2n) is 3.56. The number of nitrogens with zero attached hydrogens (tertiary/aromatic N) is 3. The summed E-state index contributed by atoms with van der Waals surface area (Å²) < 4.78 is 1.00. The van der Waals surface area contributed by atoms with Crippen LogP contribution in [0.2, 0.25) is 0 Å². The topological polar surface area (TPSA) is 75.6 Å². The van der Waals surface area contributed by atoms with Gasteiger partial charge in [-0.05, 0) is 30.7 Å². The van der Waals surface area contributed by atoms with Gasteiger partial charge in [0.25, 0.3) is 0 Å². The molecule has 1 aromatic carbocycles. The summed E-state index contributed by atoms with van der Waals surface area (Å²) in [6.07, 6.45) is 1.44. The number of nitrogens with two attached hydrogens (primary N) is 1. The molecular formula is C12H9BrN4. The van der Waals surface area contributed by atoms with E-state index in [9.17, 15) is 0 Å². The van der Waals surface area contributed by atoms with E-state index in [4.69, 9.17) is 11.0 Å². The van der Waals surface area contributed by atoms with Crippen molar-refractivity contribution in [1.82, 2.24) is 9.97 Å². The van der Waals surface area contributed by atoms with Crippen LogP contribution in [0.15, 0.2) is 28.9 Å². The number of anilines is 1. The molecule has 0 aliphatic carbocycles. The molecule has 5 heteroatoms. The lowest BCUT2D eigenvalue weighted by Crippen LogP contribution is -1.99. The lowest BCUT2D eigenvalue weighted by Gasteiger charge is -2.06. The minimum Gasteiger partial charge on any atom is -0.382 e. The highest BCUT2D eigenvalue weighted by Gasteiger charge is 2.08. The highest BCUT2D eigenvalue weighted by Crippen LogP contribution is 2.24. The summed E-state index contributed by atoms with van der Waals surface area (Å²) in [4.78, 5) is 8.28. The van der Waals surface area contributed by atoms with Crippen LogP contribution in [-0.2, 0) is 0 Å². The van der Waals surface area contributed by atoms with Gasteiger partial charge in [-0.2, -0.15) is 5.26 Å². The Morgan fingerprint density at radius 3 is 2.76 bits per heavy atom. The Kier molecular flexibility index (Phi) is 3.07. The van der Waals surface area contributed by atoms with Crippen molar-refractivity contribution in [1.29, 1.82) is 5.26 Å². The van der Waals surface area contributed by atoms with E-state index < -0.39 is 0 Å². The lowest BCUT2D eigenvalue weighted by atomic mass is 10.1. The van der Waals surface area contributed by atoms with Crippen LogP contribution in [-0.4, -0.2) is 9.97 Å². The Balaban J connectivity index is 2.54. The van der Waals surface area contributed by atoms with Crippen LogP contribution in [0.25, 0.3) is 11.4 Å². The molecule has 2 N–H and O–H groups in total. The molecule has 2 rings (SSSR count). The third-order valence-corrected chi connectivity index (χ3v) is 2.86. The van der Waals surface area contributed by atoms with Crippen LogP contribution < -0.4 is 5.73 Å². The molecule has 0 atom stereocenters. The second-order valence-corrected chi connectivity index (χ2v) is 4.48. The first-order chi connectivity index (χ1) is 8.11. The van der Waals surface area contributed by atoms with Crippen molar-refractivity contribution in [3.63, 3.8) is 0 Å². The van der Waals surface area contributed by atoms with Gasteiger partial charge < -0.3 is 5.73 Å². The molecule has 84 valence electrons. The van der Waals surface area contributed by atoms with Crippen LogP contribution in [0.4, 0.5) is 5.82 Å². The summed E-state index contributed by atoms with van der Waals surface area (Å²) in [5, 5.41) is 8.75. The fourth-order valence-electron chi connectivity index (χ4n) is 1.49. The fraction of sp³-hybridized carbons (Fsp3) is 0.0833. The summed E-state index contributed by atoms with van der Waals surface area (Å²) in [5.41, 5.74) is 7.91. The number of halogens is 1. The van der Waals surface area contributed by atoms with Crippen molar-refractivity contribution in [2.45, 2.75) is 6.92 Å². The SMILES string of the molecule is Cc1cc(Br)ccc1-c1ncc(C#N)c(N)n1. The average molecular weight is 289 g/mol. The van der Waals surface area contributed by atoms with Gasteiger partial charge in [-0.25, -0.2) is 9.97 Å². The molecule has 0 saturated carbocycles. The number of rotatable bonds is 1. The molecule has 17 heavy (non-hydrogen) atoms. The largest absolute Gasteiger partial charge is 0.382 e. The first kappa shape index (κ1) is 11.6. The van der Waals surface area contributed by atoms with Crippen molar-refractivity contribution in [2.24, 2.45) is 0 Å². The standard InChI is InChI=1S/C12H9BrN4/c1-7-4-9(13)2-3-10(7)12-16-6-8(5-14)11(15)17-12/h2-4,6H,1H3,(H2,15,16,17). The molecule has 0 unspecified atom stereocenters. The number of hydrogen-bond donors (Lipinski definition) is 1. The summed E-state index contributed by atoms with van der Waals surface area (Å²) >= 11 is 3.40. The first-order valence-corrected chi connectivity index (χ1v) is 5.70. The van der Waals surface area contributed by atoms with Gasteiger partial charge in [-0.1, -0.05) is 15.9 Å². The molecular weight excluding hydrogens is 280 g/mol. The Morgan fingerprint density at radius 2 is 2.18 bits per heavy atom. The monoisotopic (exact) mass is 288 g/mol. The molecule has 0 aliphatic rings. The summed E-state index contributed by atoms with van der Waals surface area (Å²) in [6.45, 7) is 1.97. The molecule has 0 bridgehead atoms. The van der Waals surface area contributed by atoms with Crippen molar-refractivity contribution in [2.75, 3.05) is 5.73 Å². The van der Waals surface area contributed by atoms with Crippen LogP contribution in [0, 0.1) is 18.3 Å². The maximum atomic E-state index is 8.75. The highest BCUT2D eigenvalue weighted by molar-refractivity contribution is 9.10. The minimum atomic E-state index is 0.208. The van der Waals surface area contributed by atoms with Gasteiger partial charge in [-0.3, -0.25) is 0 Å². The van der Waals surface area contributed by atoms with Gasteiger partial charge in [0.05, 0.1) is 6.20 Å².